The fraction of sp³-hybridized carbons (Fsp3) is 0.238. The van der Waals surface area contributed by atoms with E-state index in [9.17, 15) is 0 Å². The van der Waals surface area contributed by atoms with Crippen molar-refractivity contribution in [2.75, 3.05) is 59.5 Å². The van der Waals surface area contributed by atoms with Gasteiger partial charge in [0.15, 0.2) is 0 Å². The first kappa shape index (κ1) is 44.8. The van der Waals surface area contributed by atoms with Crippen LogP contribution < -0.4 is 19.7 Å². The summed E-state index contributed by atoms with van der Waals surface area (Å²) >= 11 is 17.8. The maximum Gasteiger partial charge on any atom is 0.225 e. The van der Waals surface area contributed by atoms with Crippen LogP contribution in [0.25, 0.3) is 22.3 Å². The van der Waals surface area contributed by atoms with Gasteiger partial charge in [-0.05, 0) is 88.4 Å². The summed E-state index contributed by atoms with van der Waals surface area (Å²) in [6, 6.07) is 20.9. The van der Waals surface area contributed by atoms with Crippen molar-refractivity contribution in [3.63, 3.8) is 0 Å². The van der Waals surface area contributed by atoms with E-state index in [4.69, 9.17) is 54.5 Å². The van der Waals surface area contributed by atoms with Crippen LogP contribution in [0.5, 0.6) is 11.5 Å². The maximum absolute atomic E-state index is 15.3. The number of nitrogens with one attached hydrogen (secondary N) is 1. The Bertz CT molecular complexity index is 2180. The second-order valence-electron chi connectivity index (χ2n) is 12.3. The fourth-order valence-corrected chi connectivity index (χ4v) is 5.99. The van der Waals surface area contributed by atoms with Crippen molar-refractivity contribution in [1.29, 1.82) is 0 Å². The minimum Gasteiger partial charge on any atom is -0.496 e. The minimum absolute atomic E-state index is 0.0188. The molecule has 0 unspecified atom stereocenters. The molecule has 4 aromatic carbocycles. The van der Waals surface area contributed by atoms with E-state index in [1.54, 1.807) is 117 Å². The van der Waals surface area contributed by atoms with Crippen LogP contribution in [0.15, 0.2) is 97.6 Å². The average molecular weight is 840 g/mol. The number of methoxy groups -OCH3 is 2. The lowest BCUT2D eigenvalue weighted by Gasteiger charge is -2.16. The molecule has 0 saturated heterocycles. The topological polar surface area (TPSA) is 126 Å². The summed E-state index contributed by atoms with van der Waals surface area (Å²) in [6.07, 6.45) is 7.18. The van der Waals surface area contributed by atoms with Gasteiger partial charge in [-0.2, -0.15) is 0 Å². The van der Waals surface area contributed by atoms with Gasteiger partial charge in [0.1, 0.15) is 23.1 Å². The van der Waals surface area contributed by atoms with E-state index < -0.39 is 0 Å². The summed E-state index contributed by atoms with van der Waals surface area (Å²) in [7, 11) is 6.62. The smallest absolute Gasteiger partial charge is 0.225 e. The van der Waals surface area contributed by atoms with Gasteiger partial charge in [-0.15, -0.1) is 0 Å². The largest absolute Gasteiger partial charge is 0.496 e. The zero-order valence-electron chi connectivity index (χ0n) is 31.8. The maximum atomic E-state index is 15.3. The van der Waals surface area contributed by atoms with Crippen molar-refractivity contribution in [3.8, 4) is 33.8 Å². The molecule has 0 aliphatic heterocycles. The van der Waals surface area contributed by atoms with Crippen LogP contribution in [-0.4, -0.2) is 84.8 Å². The van der Waals surface area contributed by atoms with Crippen molar-refractivity contribution in [3.05, 3.63) is 147 Å². The molecular formula is C42H43Cl3F2N6O4. The molecule has 15 heteroatoms. The third-order valence-corrected chi connectivity index (χ3v) is 8.99. The predicted molar refractivity (Wildman–Crippen MR) is 223 cm³/mol. The Morgan fingerprint density at radius 2 is 1.12 bits per heavy atom. The molecule has 0 fully saturated rings. The van der Waals surface area contributed by atoms with Gasteiger partial charge in [-0.3, -0.25) is 0 Å². The van der Waals surface area contributed by atoms with E-state index in [-0.39, 0.29) is 30.1 Å². The first-order valence-corrected chi connectivity index (χ1v) is 18.7. The number of halogens is 5. The number of nitrogens with zero attached hydrogens (tertiary/aromatic N) is 5. The Morgan fingerprint density at radius 1 is 0.667 bits per heavy atom. The van der Waals surface area contributed by atoms with E-state index in [1.165, 1.54) is 14.2 Å². The first-order chi connectivity index (χ1) is 27.5. The number of ether oxygens (including phenoxy) is 2. The van der Waals surface area contributed by atoms with Crippen LogP contribution in [0.4, 0.5) is 14.7 Å². The number of aliphatic hydroxyl groups excluding tert-OH is 2. The lowest BCUT2D eigenvalue weighted by Crippen LogP contribution is -2.23. The Kier molecular flexibility index (Phi) is 17.8. The number of hydrogen-bond donors (Lipinski definition) is 3. The zero-order chi connectivity index (χ0) is 41.3. The molecule has 2 aromatic heterocycles. The molecule has 0 spiro atoms. The minimum atomic E-state index is -0.358. The van der Waals surface area contributed by atoms with E-state index in [0.717, 1.165) is 11.1 Å². The Labute approximate surface area is 346 Å². The molecule has 0 aliphatic rings. The number of likely N-dealkylation sites (N-methyl/N-ethyl adjacent to an activating group) is 2. The van der Waals surface area contributed by atoms with Crippen molar-refractivity contribution in [1.82, 2.24) is 25.3 Å². The van der Waals surface area contributed by atoms with Crippen molar-refractivity contribution < 1.29 is 28.5 Å². The fourth-order valence-electron chi connectivity index (χ4n) is 5.51. The molecule has 0 radical (unpaired) electrons. The number of aromatic nitrogens is 4. The van der Waals surface area contributed by atoms with E-state index in [2.05, 4.69) is 25.3 Å². The molecule has 300 valence electrons. The normalized spacial score (nSPS) is 10.5. The Hall–Kier alpha value is -4.95. The molecule has 0 bridgehead atoms. The first-order valence-electron chi connectivity index (χ1n) is 17.6. The Morgan fingerprint density at radius 3 is 1.49 bits per heavy atom. The number of hydrogen-bond acceptors (Lipinski definition) is 10. The summed E-state index contributed by atoms with van der Waals surface area (Å²) in [5, 5.41) is 21.0. The molecule has 6 rings (SSSR count). The van der Waals surface area contributed by atoms with Crippen LogP contribution in [0.2, 0.25) is 15.3 Å². The number of aliphatic hydroxyl groups is 2. The molecule has 57 heavy (non-hydrogen) atoms. The van der Waals surface area contributed by atoms with E-state index in [1.807, 2.05) is 0 Å². The van der Waals surface area contributed by atoms with Gasteiger partial charge in [0, 0.05) is 67.8 Å². The predicted octanol–water partition coefficient (Wildman–Crippen LogP) is 8.35. The van der Waals surface area contributed by atoms with E-state index in [0.29, 0.717) is 86.8 Å². The van der Waals surface area contributed by atoms with Gasteiger partial charge in [0.25, 0.3) is 0 Å². The lowest BCUT2D eigenvalue weighted by molar-refractivity contribution is 0.296. The van der Waals surface area contributed by atoms with Crippen LogP contribution in [0.1, 0.15) is 22.3 Å². The summed E-state index contributed by atoms with van der Waals surface area (Å²) in [5.41, 5.74) is 4.64. The number of benzene rings is 4. The molecule has 0 amide bonds. The van der Waals surface area contributed by atoms with Gasteiger partial charge in [0.05, 0.1) is 38.6 Å². The van der Waals surface area contributed by atoms with Crippen LogP contribution >= 0.6 is 34.8 Å². The average Bonchev–Trinajstić information content (AvgIpc) is 3.21. The van der Waals surface area contributed by atoms with Crippen molar-refractivity contribution in [2.45, 2.75) is 12.8 Å². The van der Waals surface area contributed by atoms with Gasteiger partial charge in [-0.1, -0.05) is 59.6 Å². The molecule has 6 aromatic rings. The van der Waals surface area contributed by atoms with Crippen LogP contribution in [0, 0.1) is 11.6 Å². The highest BCUT2D eigenvalue weighted by atomic mass is 35.5. The highest BCUT2D eigenvalue weighted by Gasteiger charge is 2.19. The molecular weight excluding hydrogens is 797 g/mol. The molecule has 10 nitrogen and oxygen atoms in total. The summed E-state index contributed by atoms with van der Waals surface area (Å²) in [6.45, 7) is 1.39. The molecule has 0 aliphatic carbocycles. The quantitative estimate of drug-likeness (QED) is 0.0978. The van der Waals surface area contributed by atoms with Crippen LogP contribution in [-0.2, 0) is 12.8 Å². The second kappa shape index (κ2) is 22.7. The Balaban J connectivity index is 0.000000228. The van der Waals surface area contributed by atoms with E-state index >= 15 is 8.78 Å². The van der Waals surface area contributed by atoms with Gasteiger partial charge in [-0.25, -0.2) is 28.7 Å². The van der Waals surface area contributed by atoms with Crippen LogP contribution in [0.3, 0.4) is 0 Å². The monoisotopic (exact) mass is 838 g/mol. The number of anilines is 1. The summed E-state index contributed by atoms with van der Waals surface area (Å²) in [4.78, 5) is 18.2. The third kappa shape index (κ3) is 12.8. The molecule has 2 heterocycles. The van der Waals surface area contributed by atoms with Crippen molar-refractivity contribution in [2.24, 2.45) is 0 Å². The third-order valence-electron chi connectivity index (χ3n) is 8.33. The standard InChI is InChI=1S/C21H21ClFN3O2.C18H13Cl2FN2O.C3H9NO/c1-26(8-9-27)21-24-12-14(13-25-21)10-16-6-7-18(28-2)19(20(16)23)15-4-3-5-17(22)11-15;1-24-15-6-5-13(7-11-9-22-18(20)23-10-11)17(21)16(15)12-3-2-4-14(19)8-12;1-4-2-3-5/h3-7,11-13,27H,8-10H2,1-2H3;2-6,8-10H,7H2,1H3;4-5H,2-3H2,1H3. The highest BCUT2D eigenvalue weighted by Crippen LogP contribution is 2.37. The van der Waals surface area contributed by atoms with Gasteiger partial charge in [0.2, 0.25) is 11.2 Å². The second-order valence-corrected chi connectivity index (χ2v) is 13.5. The lowest BCUT2D eigenvalue weighted by atomic mass is 9.98. The SMILES string of the molecule is CNCCO.COc1ccc(Cc2cnc(Cl)nc2)c(F)c1-c1cccc(Cl)c1.COc1ccc(Cc2cnc(N(C)CCO)nc2)c(F)c1-c1cccc(Cl)c1. The zero-order valence-corrected chi connectivity index (χ0v) is 34.1. The van der Waals surface area contributed by atoms with Gasteiger partial charge < -0.3 is 29.9 Å². The summed E-state index contributed by atoms with van der Waals surface area (Å²) < 4.78 is 41.1. The van der Waals surface area contributed by atoms with Gasteiger partial charge >= 0.3 is 0 Å². The molecule has 0 atom stereocenters. The molecule has 0 saturated carbocycles. The number of rotatable bonds is 13. The highest BCUT2D eigenvalue weighted by molar-refractivity contribution is 6.31. The summed E-state index contributed by atoms with van der Waals surface area (Å²) in [5.74, 6) is 0.689. The molecule has 3 N–H and O–H groups in total. The van der Waals surface area contributed by atoms with Crippen molar-refractivity contribution >= 4 is 40.8 Å².